The molecule has 3 atom stereocenters. The molecule has 4 rings (SSSR count). The van der Waals surface area contributed by atoms with Crippen molar-refractivity contribution >= 4 is 35.1 Å². The number of benzene rings is 2. The van der Waals surface area contributed by atoms with Crippen molar-refractivity contribution in [1.29, 1.82) is 0 Å². The number of primary amides is 1. The summed E-state index contributed by atoms with van der Waals surface area (Å²) in [5, 5.41) is 7.49. The first-order valence-electron chi connectivity index (χ1n) is 12.8. The lowest BCUT2D eigenvalue weighted by molar-refractivity contribution is -0.139. The van der Waals surface area contributed by atoms with Gasteiger partial charge in [0.25, 0.3) is 17.7 Å². The number of hydrogen-bond acceptors (Lipinski definition) is 5. The maximum Gasteiger partial charge on any atom is 0.328 e. The smallest absolute Gasteiger partial charge is 0.328 e. The van der Waals surface area contributed by atoms with Gasteiger partial charge in [-0.1, -0.05) is 42.5 Å². The molecule has 9 nitrogen and oxygen atoms in total. The second-order valence-electron chi connectivity index (χ2n) is 10.2. The maximum atomic E-state index is 15.0. The molecule has 0 bridgehead atoms. The van der Waals surface area contributed by atoms with Crippen LogP contribution >= 0.6 is 0 Å². The molecule has 0 radical (unpaired) electrons. The van der Waals surface area contributed by atoms with Crippen LogP contribution in [-0.4, -0.2) is 47.4 Å². The summed E-state index contributed by atoms with van der Waals surface area (Å²) < 4.78 is 30.0. The van der Waals surface area contributed by atoms with Gasteiger partial charge in [0, 0.05) is 24.4 Å². The molecule has 1 heterocycles. The van der Waals surface area contributed by atoms with E-state index in [-0.39, 0.29) is 46.8 Å². The Morgan fingerprint density at radius 3 is 2.36 bits per heavy atom. The van der Waals surface area contributed by atoms with Gasteiger partial charge in [-0.2, -0.15) is 8.78 Å². The molecule has 1 aliphatic carbocycles. The van der Waals surface area contributed by atoms with Crippen LogP contribution in [-0.2, 0) is 25.6 Å². The predicted molar refractivity (Wildman–Crippen MR) is 138 cm³/mol. The van der Waals surface area contributed by atoms with E-state index in [1.165, 1.54) is 30.3 Å². The summed E-state index contributed by atoms with van der Waals surface area (Å²) in [6, 6.07) is 11.3. The number of halogens is 2. The summed E-state index contributed by atoms with van der Waals surface area (Å²) in [5.74, 6) is -10.7. The van der Waals surface area contributed by atoms with Crippen molar-refractivity contribution in [2.75, 3.05) is 5.32 Å². The van der Waals surface area contributed by atoms with Crippen molar-refractivity contribution in [3.05, 3.63) is 65.2 Å². The van der Waals surface area contributed by atoms with E-state index < -0.39 is 47.7 Å². The summed E-state index contributed by atoms with van der Waals surface area (Å²) in [7, 11) is 0. The molecule has 5 N–H and O–H groups in total. The number of anilines is 1. The first kappa shape index (κ1) is 27.9. The van der Waals surface area contributed by atoms with Crippen molar-refractivity contribution in [2.24, 2.45) is 11.7 Å². The van der Waals surface area contributed by atoms with Crippen LogP contribution in [0.4, 0.5) is 14.5 Å². The summed E-state index contributed by atoms with van der Waals surface area (Å²) >= 11 is 0. The van der Waals surface area contributed by atoms with Crippen LogP contribution < -0.4 is 21.7 Å². The Morgan fingerprint density at radius 2 is 1.77 bits per heavy atom. The molecule has 1 saturated carbocycles. The molecule has 11 heteroatoms. The van der Waals surface area contributed by atoms with Crippen molar-refractivity contribution in [3.8, 4) is 0 Å². The highest BCUT2D eigenvalue weighted by Gasteiger charge is 2.42. The zero-order chi connectivity index (χ0) is 28.3. The van der Waals surface area contributed by atoms with Gasteiger partial charge in [-0.15, -0.1) is 0 Å². The molecular formula is C28H30F2N4O5. The number of hydrogen-bond donors (Lipinski definition) is 4. The van der Waals surface area contributed by atoms with Gasteiger partial charge in [-0.25, -0.2) is 0 Å². The zero-order valence-corrected chi connectivity index (χ0v) is 21.3. The minimum absolute atomic E-state index is 0.0431. The van der Waals surface area contributed by atoms with E-state index in [1.54, 1.807) is 25.1 Å². The van der Waals surface area contributed by atoms with Crippen molar-refractivity contribution in [2.45, 2.75) is 63.0 Å². The van der Waals surface area contributed by atoms with Gasteiger partial charge in [0.05, 0.1) is 17.2 Å². The number of Topliss-reactive ketones (excluding diaryl/α,β-unsaturated/α-hetero) is 1. The van der Waals surface area contributed by atoms with E-state index >= 15 is 8.78 Å². The highest BCUT2D eigenvalue weighted by Crippen LogP contribution is 2.37. The van der Waals surface area contributed by atoms with Gasteiger partial charge >= 0.3 is 5.92 Å². The Labute approximate surface area is 223 Å². The molecule has 0 aromatic heterocycles. The van der Waals surface area contributed by atoms with E-state index in [0.29, 0.717) is 6.42 Å². The molecular weight excluding hydrogens is 510 g/mol. The highest BCUT2D eigenvalue weighted by atomic mass is 19.3. The average molecular weight is 541 g/mol. The maximum absolute atomic E-state index is 15.0. The van der Waals surface area contributed by atoms with Gasteiger partial charge in [0.2, 0.25) is 11.7 Å². The average Bonchev–Trinajstić information content (AvgIpc) is 3.64. The summed E-state index contributed by atoms with van der Waals surface area (Å²) in [6.45, 7) is 1.79. The molecule has 0 spiro atoms. The lowest BCUT2D eigenvalue weighted by atomic mass is 9.82. The topological polar surface area (TPSA) is 147 Å². The second kappa shape index (κ2) is 11.3. The van der Waals surface area contributed by atoms with Crippen molar-refractivity contribution < 1.29 is 32.8 Å². The standard InChI is InChI=1S/C28H30F2N4O5/c1-15-12-17(25(37)32-15)13-21(23(35)26(38)33-18-10-11-18)19-8-5-9-20(24(31)36)22(19)34-27(39)28(29,30)14-16-6-3-2-4-7-16/h2-9,15,17-18,21H,10-14H2,1H3,(H2,31,36)(H,32,37)(H,33,38)(H,34,39)/t15-,17-,21+/m1/s1. The molecule has 1 aliphatic heterocycles. The first-order valence-corrected chi connectivity index (χ1v) is 12.8. The molecule has 39 heavy (non-hydrogen) atoms. The third kappa shape index (κ3) is 6.65. The van der Waals surface area contributed by atoms with Crippen LogP contribution in [0.1, 0.15) is 60.0 Å². The Hall–Kier alpha value is -4.15. The van der Waals surface area contributed by atoms with Gasteiger partial charge in [0.15, 0.2) is 0 Å². The van der Waals surface area contributed by atoms with E-state index in [9.17, 15) is 24.0 Å². The highest BCUT2D eigenvalue weighted by molar-refractivity contribution is 6.38. The minimum atomic E-state index is -3.88. The number of nitrogens with one attached hydrogen (secondary N) is 3. The Kier molecular flexibility index (Phi) is 8.08. The normalized spacial score (nSPS) is 19.6. The van der Waals surface area contributed by atoms with Gasteiger partial charge in [-0.05, 0) is 49.8 Å². The number of para-hydroxylation sites is 1. The largest absolute Gasteiger partial charge is 0.366 e. The van der Waals surface area contributed by atoms with Gasteiger partial charge < -0.3 is 21.7 Å². The third-order valence-corrected chi connectivity index (χ3v) is 6.95. The number of carbonyl (C=O) groups is 5. The molecule has 206 valence electrons. The van der Waals surface area contributed by atoms with Crippen LogP contribution in [0.3, 0.4) is 0 Å². The SMILES string of the molecule is C[C@@H]1C[C@H](C[C@H](C(=O)C(=O)NC2CC2)c2cccc(C(N)=O)c2NC(=O)C(F)(F)Cc2ccccc2)C(=O)N1. The molecule has 2 fully saturated rings. The predicted octanol–water partition coefficient (Wildman–Crippen LogP) is 2.45. The Balaban J connectivity index is 1.71. The van der Waals surface area contributed by atoms with Crippen LogP contribution in [0.2, 0.25) is 0 Å². The zero-order valence-electron chi connectivity index (χ0n) is 21.3. The van der Waals surface area contributed by atoms with E-state index in [2.05, 4.69) is 16.0 Å². The van der Waals surface area contributed by atoms with E-state index in [4.69, 9.17) is 5.73 Å². The number of carbonyl (C=O) groups excluding carboxylic acids is 5. The van der Waals surface area contributed by atoms with Crippen LogP contribution in [0, 0.1) is 5.92 Å². The summed E-state index contributed by atoms with van der Waals surface area (Å²) in [4.78, 5) is 63.8. The molecule has 0 unspecified atom stereocenters. The van der Waals surface area contributed by atoms with Crippen molar-refractivity contribution in [1.82, 2.24) is 10.6 Å². The third-order valence-electron chi connectivity index (χ3n) is 6.95. The van der Waals surface area contributed by atoms with Crippen molar-refractivity contribution in [3.63, 3.8) is 0 Å². The van der Waals surface area contributed by atoms with E-state index in [0.717, 1.165) is 12.8 Å². The van der Waals surface area contributed by atoms with Crippen LogP contribution in [0.25, 0.3) is 0 Å². The van der Waals surface area contributed by atoms with Crippen LogP contribution in [0.5, 0.6) is 0 Å². The molecule has 2 aromatic carbocycles. The quantitative estimate of drug-likeness (QED) is 0.323. The minimum Gasteiger partial charge on any atom is -0.366 e. The fraction of sp³-hybridized carbons (Fsp3) is 0.393. The number of nitrogens with two attached hydrogens (primary N) is 1. The summed E-state index contributed by atoms with van der Waals surface area (Å²) in [6.07, 6.45) is 0.806. The Morgan fingerprint density at radius 1 is 1.08 bits per heavy atom. The second-order valence-corrected chi connectivity index (χ2v) is 10.2. The lowest BCUT2D eigenvalue weighted by Gasteiger charge is -2.24. The molecule has 4 amide bonds. The molecule has 2 aliphatic rings. The number of amides is 4. The lowest BCUT2D eigenvalue weighted by Crippen LogP contribution is -2.39. The fourth-order valence-electron chi connectivity index (χ4n) is 4.80. The van der Waals surface area contributed by atoms with Crippen LogP contribution in [0.15, 0.2) is 48.5 Å². The van der Waals surface area contributed by atoms with Gasteiger partial charge in [0.1, 0.15) is 0 Å². The molecule has 1 saturated heterocycles. The number of alkyl halides is 2. The van der Waals surface area contributed by atoms with E-state index in [1.807, 2.05) is 0 Å². The number of ketones is 1. The number of rotatable bonds is 11. The summed E-state index contributed by atoms with van der Waals surface area (Å²) in [5.41, 5.74) is 4.98. The monoisotopic (exact) mass is 540 g/mol. The Bertz CT molecular complexity index is 1300. The fourth-order valence-corrected chi connectivity index (χ4v) is 4.80. The van der Waals surface area contributed by atoms with Gasteiger partial charge in [-0.3, -0.25) is 24.0 Å². The molecule has 2 aromatic rings. The first-order chi connectivity index (χ1) is 18.5.